The first-order valence-corrected chi connectivity index (χ1v) is 5.73. The van der Waals surface area contributed by atoms with Gasteiger partial charge >= 0.3 is 0 Å². The summed E-state index contributed by atoms with van der Waals surface area (Å²) >= 11 is 0. The van der Waals surface area contributed by atoms with Crippen LogP contribution in [-0.2, 0) is 13.1 Å². The van der Waals surface area contributed by atoms with Gasteiger partial charge in [-0.3, -0.25) is 4.90 Å². The predicted octanol–water partition coefficient (Wildman–Crippen LogP) is 0.697. The van der Waals surface area contributed by atoms with Crippen LogP contribution in [0.2, 0.25) is 0 Å². The monoisotopic (exact) mass is 208 g/mol. The van der Waals surface area contributed by atoms with Crippen molar-refractivity contribution >= 4 is 0 Å². The van der Waals surface area contributed by atoms with Gasteiger partial charge in [0.2, 0.25) is 0 Å². The van der Waals surface area contributed by atoms with Gasteiger partial charge in [0.25, 0.3) is 0 Å². The van der Waals surface area contributed by atoms with Gasteiger partial charge in [0.05, 0.1) is 6.54 Å². The molecule has 0 spiro atoms. The third-order valence-electron chi connectivity index (χ3n) is 3.20. The zero-order valence-corrected chi connectivity index (χ0v) is 9.61. The van der Waals surface area contributed by atoms with Crippen LogP contribution in [0.4, 0.5) is 0 Å². The Morgan fingerprint density at radius 3 is 3.13 bits per heavy atom. The first-order chi connectivity index (χ1) is 7.33. The van der Waals surface area contributed by atoms with E-state index < -0.39 is 0 Å². The summed E-state index contributed by atoms with van der Waals surface area (Å²) in [6.45, 7) is 6.56. The second-order valence-corrected chi connectivity index (χ2v) is 4.17. The van der Waals surface area contributed by atoms with Gasteiger partial charge in [-0.2, -0.15) is 0 Å². The molecule has 0 aromatic carbocycles. The fraction of sp³-hybridized carbons (Fsp3) is 0.727. The molecular formula is C11H20N4. The minimum absolute atomic E-state index is 0.603. The van der Waals surface area contributed by atoms with Crippen molar-refractivity contribution in [2.75, 3.05) is 20.1 Å². The molecule has 1 atom stereocenters. The van der Waals surface area contributed by atoms with E-state index in [1.54, 1.807) is 0 Å². The second kappa shape index (κ2) is 4.77. The summed E-state index contributed by atoms with van der Waals surface area (Å²) in [4.78, 5) is 6.85. The van der Waals surface area contributed by atoms with E-state index in [0.29, 0.717) is 6.04 Å². The van der Waals surface area contributed by atoms with Gasteiger partial charge in [-0.1, -0.05) is 6.92 Å². The number of imidazole rings is 1. The molecule has 1 unspecified atom stereocenters. The summed E-state index contributed by atoms with van der Waals surface area (Å²) < 4.78 is 2.25. The summed E-state index contributed by atoms with van der Waals surface area (Å²) in [7, 11) is 2.04. The molecule has 1 aliphatic rings. The number of nitrogens with one attached hydrogen (secondary N) is 1. The SMILES string of the molecule is CCC(CN1CCn2ccnc2C1)NC. The van der Waals surface area contributed by atoms with Gasteiger partial charge in [0, 0.05) is 38.1 Å². The van der Waals surface area contributed by atoms with E-state index in [9.17, 15) is 0 Å². The Morgan fingerprint density at radius 1 is 1.53 bits per heavy atom. The zero-order valence-electron chi connectivity index (χ0n) is 9.61. The third-order valence-corrected chi connectivity index (χ3v) is 3.20. The van der Waals surface area contributed by atoms with Crippen LogP contribution in [0.15, 0.2) is 12.4 Å². The second-order valence-electron chi connectivity index (χ2n) is 4.17. The molecular weight excluding hydrogens is 188 g/mol. The number of fused-ring (bicyclic) bond motifs is 1. The molecule has 1 aromatic rings. The lowest BCUT2D eigenvalue weighted by Crippen LogP contribution is -2.42. The van der Waals surface area contributed by atoms with Crippen molar-refractivity contribution in [3.8, 4) is 0 Å². The maximum Gasteiger partial charge on any atom is 0.122 e. The first-order valence-electron chi connectivity index (χ1n) is 5.73. The van der Waals surface area contributed by atoms with Crippen LogP contribution in [0.1, 0.15) is 19.2 Å². The topological polar surface area (TPSA) is 33.1 Å². The van der Waals surface area contributed by atoms with Crippen LogP contribution >= 0.6 is 0 Å². The van der Waals surface area contributed by atoms with Crippen molar-refractivity contribution in [3.63, 3.8) is 0 Å². The lowest BCUT2D eigenvalue weighted by molar-refractivity contribution is 0.195. The van der Waals surface area contributed by atoms with Gasteiger partial charge in [0.1, 0.15) is 5.82 Å². The van der Waals surface area contributed by atoms with Crippen molar-refractivity contribution in [3.05, 3.63) is 18.2 Å². The first kappa shape index (κ1) is 10.6. The smallest absolute Gasteiger partial charge is 0.122 e. The lowest BCUT2D eigenvalue weighted by atomic mass is 10.2. The molecule has 1 aliphatic heterocycles. The quantitative estimate of drug-likeness (QED) is 0.790. The Labute approximate surface area is 91.3 Å². The van der Waals surface area contributed by atoms with Gasteiger partial charge in [-0.25, -0.2) is 4.98 Å². The van der Waals surface area contributed by atoms with E-state index in [4.69, 9.17) is 0 Å². The number of likely N-dealkylation sites (N-methyl/N-ethyl adjacent to an activating group) is 1. The number of rotatable bonds is 4. The average molecular weight is 208 g/mol. The summed E-state index contributed by atoms with van der Waals surface area (Å²) in [5.74, 6) is 1.20. The van der Waals surface area contributed by atoms with Crippen LogP contribution < -0.4 is 5.32 Å². The number of hydrogen-bond acceptors (Lipinski definition) is 3. The molecule has 0 amide bonds. The Hall–Kier alpha value is -0.870. The van der Waals surface area contributed by atoms with Crippen LogP contribution in [0.3, 0.4) is 0 Å². The Bertz CT molecular complexity index is 303. The molecule has 0 saturated carbocycles. The van der Waals surface area contributed by atoms with E-state index in [1.807, 2.05) is 13.2 Å². The highest BCUT2D eigenvalue weighted by molar-refractivity contribution is 4.95. The van der Waals surface area contributed by atoms with E-state index in [2.05, 4.69) is 32.9 Å². The van der Waals surface area contributed by atoms with Crippen LogP contribution in [0.25, 0.3) is 0 Å². The van der Waals surface area contributed by atoms with Crippen molar-refractivity contribution in [1.82, 2.24) is 19.8 Å². The molecule has 0 fully saturated rings. The van der Waals surface area contributed by atoms with Crippen molar-refractivity contribution < 1.29 is 0 Å². The van der Waals surface area contributed by atoms with Gasteiger partial charge in [-0.15, -0.1) is 0 Å². The standard InChI is InChI=1S/C11H20N4/c1-3-10(12-2)8-14-6-7-15-5-4-13-11(15)9-14/h4-5,10,12H,3,6-9H2,1-2H3. The minimum atomic E-state index is 0.603. The highest BCUT2D eigenvalue weighted by Gasteiger charge is 2.18. The number of hydrogen-bond donors (Lipinski definition) is 1. The maximum atomic E-state index is 4.37. The highest BCUT2D eigenvalue weighted by atomic mass is 15.2. The summed E-state index contributed by atoms with van der Waals surface area (Å²) in [6, 6.07) is 0.603. The molecule has 0 aliphatic carbocycles. The molecule has 4 heteroatoms. The van der Waals surface area contributed by atoms with Gasteiger partial charge in [-0.05, 0) is 13.5 Å². The lowest BCUT2D eigenvalue weighted by Gasteiger charge is -2.30. The van der Waals surface area contributed by atoms with E-state index in [0.717, 1.165) is 26.2 Å². The molecule has 1 aromatic heterocycles. The van der Waals surface area contributed by atoms with Gasteiger partial charge < -0.3 is 9.88 Å². The largest absolute Gasteiger partial charge is 0.333 e. The van der Waals surface area contributed by atoms with Crippen molar-refractivity contribution in [2.45, 2.75) is 32.5 Å². The average Bonchev–Trinajstić information content (AvgIpc) is 2.73. The third kappa shape index (κ3) is 2.38. The fourth-order valence-electron chi connectivity index (χ4n) is 2.12. The van der Waals surface area contributed by atoms with Gasteiger partial charge in [0.15, 0.2) is 0 Å². The molecule has 84 valence electrons. The summed E-state index contributed by atoms with van der Waals surface area (Å²) in [5.41, 5.74) is 0. The Balaban J connectivity index is 1.92. The number of nitrogens with zero attached hydrogens (tertiary/aromatic N) is 3. The van der Waals surface area contributed by atoms with Crippen LogP contribution in [0, 0.1) is 0 Å². The molecule has 0 saturated heterocycles. The molecule has 2 rings (SSSR count). The van der Waals surface area contributed by atoms with Crippen LogP contribution in [-0.4, -0.2) is 40.6 Å². The van der Waals surface area contributed by atoms with Crippen molar-refractivity contribution in [2.24, 2.45) is 0 Å². The number of aromatic nitrogens is 2. The molecule has 0 radical (unpaired) electrons. The zero-order chi connectivity index (χ0) is 10.7. The molecule has 4 nitrogen and oxygen atoms in total. The maximum absolute atomic E-state index is 4.37. The Morgan fingerprint density at radius 2 is 2.40 bits per heavy atom. The highest BCUT2D eigenvalue weighted by Crippen LogP contribution is 2.10. The predicted molar refractivity (Wildman–Crippen MR) is 60.6 cm³/mol. The summed E-state index contributed by atoms with van der Waals surface area (Å²) in [5, 5.41) is 3.35. The summed E-state index contributed by atoms with van der Waals surface area (Å²) in [6.07, 6.45) is 5.15. The van der Waals surface area contributed by atoms with E-state index >= 15 is 0 Å². The molecule has 2 heterocycles. The molecule has 1 N–H and O–H groups in total. The van der Waals surface area contributed by atoms with Crippen molar-refractivity contribution in [1.29, 1.82) is 0 Å². The Kier molecular flexibility index (Phi) is 3.38. The molecule has 15 heavy (non-hydrogen) atoms. The molecule has 0 bridgehead atoms. The fourth-order valence-corrected chi connectivity index (χ4v) is 2.12. The minimum Gasteiger partial charge on any atom is -0.333 e. The van der Waals surface area contributed by atoms with Crippen LogP contribution in [0.5, 0.6) is 0 Å². The van der Waals surface area contributed by atoms with E-state index in [1.165, 1.54) is 12.2 Å². The van der Waals surface area contributed by atoms with E-state index in [-0.39, 0.29) is 0 Å². The normalized spacial score (nSPS) is 18.8.